The van der Waals surface area contributed by atoms with E-state index < -0.39 is 3.67 Å². The average Bonchev–Trinajstić information content (AvgIpc) is 2.16. The van der Waals surface area contributed by atoms with E-state index in [0.717, 1.165) is 5.56 Å². The number of carbonyl (C=O) groups is 1. The quantitative estimate of drug-likeness (QED) is 0.758. The number of rotatable bonds is 4. The molecule has 0 aliphatic heterocycles. The van der Waals surface area contributed by atoms with Gasteiger partial charge >= 0.3 is 0 Å². The molecule has 0 spiro atoms. The van der Waals surface area contributed by atoms with Crippen LogP contribution in [-0.4, -0.2) is 9.45 Å². The highest BCUT2D eigenvalue weighted by Crippen LogP contribution is 2.37. The van der Waals surface area contributed by atoms with Gasteiger partial charge in [-0.3, -0.25) is 4.79 Å². The van der Waals surface area contributed by atoms with Gasteiger partial charge in [0.05, 0.1) is 0 Å². The monoisotopic (exact) mass is 248 g/mol. The van der Waals surface area contributed by atoms with Crippen LogP contribution >= 0.6 is 35.0 Å². The normalized spacial score (nSPS) is 11.4. The van der Waals surface area contributed by atoms with Crippen molar-refractivity contribution in [1.29, 1.82) is 0 Å². The van der Waals surface area contributed by atoms with Crippen molar-refractivity contribution in [3.8, 4) is 0 Å². The summed E-state index contributed by atoms with van der Waals surface area (Å²) in [4.78, 5) is 11.0. The molecular formula is C10H10Cl2OS. The second kappa shape index (κ2) is 5.06. The minimum atomic E-state index is -1.32. The highest BCUT2D eigenvalue weighted by Gasteiger charge is 2.30. The Labute approximate surface area is 97.8 Å². The number of hydrogen-bond acceptors (Lipinski definition) is 2. The Balaban J connectivity index is 2.53. The summed E-state index contributed by atoms with van der Waals surface area (Å²) in [5.41, 5.74) is 1.10. The molecule has 1 aromatic carbocycles. The number of halogens is 2. The number of hydrogen-bond donors (Lipinski definition) is 0. The van der Waals surface area contributed by atoms with Crippen molar-refractivity contribution in [3.05, 3.63) is 35.9 Å². The zero-order valence-electron chi connectivity index (χ0n) is 7.67. The average molecular weight is 249 g/mol. The Morgan fingerprint density at radius 1 is 1.36 bits per heavy atom. The number of ketones is 1. The van der Waals surface area contributed by atoms with E-state index in [-0.39, 0.29) is 5.78 Å². The molecule has 0 heterocycles. The van der Waals surface area contributed by atoms with Crippen LogP contribution in [-0.2, 0) is 10.5 Å². The third-order valence-electron chi connectivity index (χ3n) is 1.67. The van der Waals surface area contributed by atoms with Crippen LogP contribution in [0.3, 0.4) is 0 Å². The van der Waals surface area contributed by atoms with Gasteiger partial charge in [-0.2, -0.15) is 0 Å². The first-order valence-electron chi connectivity index (χ1n) is 4.09. The van der Waals surface area contributed by atoms with Gasteiger partial charge in [-0.25, -0.2) is 0 Å². The van der Waals surface area contributed by atoms with Crippen molar-refractivity contribution >= 4 is 40.7 Å². The molecule has 0 saturated heterocycles. The molecule has 0 aliphatic carbocycles. The molecule has 1 rings (SSSR count). The maximum atomic E-state index is 11.0. The molecule has 0 amide bonds. The SMILES string of the molecule is CC(=O)C(Cl)(Cl)SCc1ccccc1. The maximum absolute atomic E-state index is 11.0. The Hall–Kier alpha value is -0.180. The van der Waals surface area contributed by atoms with E-state index in [1.807, 2.05) is 30.3 Å². The molecular weight excluding hydrogens is 239 g/mol. The minimum Gasteiger partial charge on any atom is -0.296 e. The highest BCUT2D eigenvalue weighted by atomic mass is 35.5. The molecule has 0 fully saturated rings. The summed E-state index contributed by atoms with van der Waals surface area (Å²) >= 11 is 12.8. The number of alkyl halides is 2. The lowest BCUT2D eigenvalue weighted by Gasteiger charge is -2.14. The largest absolute Gasteiger partial charge is 0.296 e. The van der Waals surface area contributed by atoms with Crippen molar-refractivity contribution in [2.45, 2.75) is 16.3 Å². The van der Waals surface area contributed by atoms with Crippen LogP contribution in [0.1, 0.15) is 12.5 Å². The van der Waals surface area contributed by atoms with Crippen LogP contribution in [0.4, 0.5) is 0 Å². The second-order valence-electron chi connectivity index (χ2n) is 2.85. The molecule has 76 valence electrons. The zero-order chi connectivity index (χ0) is 10.6. The molecule has 0 unspecified atom stereocenters. The molecule has 0 aliphatic rings. The maximum Gasteiger partial charge on any atom is 0.221 e. The lowest BCUT2D eigenvalue weighted by atomic mass is 10.2. The van der Waals surface area contributed by atoms with Gasteiger partial charge in [0.2, 0.25) is 3.67 Å². The number of Topliss-reactive ketones (excluding diaryl/α,β-unsaturated/α-hetero) is 1. The van der Waals surface area contributed by atoms with Crippen molar-refractivity contribution < 1.29 is 4.79 Å². The van der Waals surface area contributed by atoms with Gasteiger partial charge in [0.1, 0.15) is 0 Å². The second-order valence-corrected chi connectivity index (χ2v) is 5.81. The molecule has 0 N–H and O–H groups in total. The highest BCUT2D eigenvalue weighted by molar-refractivity contribution is 8.03. The fourth-order valence-electron chi connectivity index (χ4n) is 0.850. The van der Waals surface area contributed by atoms with E-state index in [9.17, 15) is 4.79 Å². The summed E-state index contributed by atoms with van der Waals surface area (Å²) in [6.45, 7) is 1.39. The Bertz CT molecular complexity index is 311. The van der Waals surface area contributed by atoms with Crippen LogP contribution in [0.25, 0.3) is 0 Å². The lowest BCUT2D eigenvalue weighted by Crippen LogP contribution is -2.18. The van der Waals surface area contributed by atoms with Crippen molar-refractivity contribution in [3.63, 3.8) is 0 Å². The van der Waals surface area contributed by atoms with Crippen LogP contribution < -0.4 is 0 Å². The van der Waals surface area contributed by atoms with Gasteiger partial charge < -0.3 is 0 Å². The summed E-state index contributed by atoms with van der Waals surface area (Å²) in [5.74, 6) is 0.398. The number of benzene rings is 1. The van der Waals surface area contributed by atoms with Crippen molar-refractivity contribution in [2.75, 3.05) is 0 Å². The van der Waals surface area contributed by atoms with Crippen LogP contribution in [0.5, 0.6) is 0 Å². The van der Waals surface area contributed by atoms with Gasteiger partial charge in [0.15, 0.2) is 5.78 Å². The Kier molecular flexibility index (Phi) is 4.30. The first-order valence-corrected chi connectivity index (χ1v) is 5.83. The van der Waals surface area contributed by atoms with E-state index in [1.54, 1.807) is 0 Å². The summed E-state index contributed by atoms with van der Waals surface area (Å²) in [6, 6.07) is 9.75. The molecule has 0 atom stereocenters. The van der Waals surface area contributed by atoms with Crippen LogP contribution in [0, 0.1) is 0 Å². The van der Waals surface area contributed by atoms with Gasteiger partial charge in [-0.15, -0.1) is 11.8 Å². The first kappa shape index (κ1) is 11.9. The molecule has 0 aromatic heterocycles. The van der Waals surface area contributed by atoms with Gasteiger partial charge in [0.25, 0.3) is 0 Å². The third-order valence-corrected chi connectivity index (χ3v) is 3.99. The fourth-order valence-corrected chi connectivity index (χ4v) is 1.92. The van der Waals surface area contributed by atoms with Crippen LogP contribution in [0.15, 0.2) is 30.3 Å². The van der Waals surface area contributed by atoms with E-state index in [4.69, 9.17) is 23.2 Å². The van der Waals surface area contributed by atoms with Gasteiger partial charge in [-0.1, -0.05) is 53.5 Å². The molecule has 0 bridgehead atoms. The molecule has 4 heteroatoms. The predicted octanol–water partition coefficient (Wildman–Crippen LogP) is 3.64. The fraction of sp³-hybridized carbons (Fsp3) is 0.300. The number of thioether (sulfide) groups is 1. The van der Waals surface area contributed by atoms with Gasteiger partial charge in [0, 0.05) is 5.75 Å². The van der Waals surface area contributed by atoms with Gasteiger partial charge in [-0.05, 0) is 12.5 Å². The number of carbonyl (C=O) groups excluding carboxylic acids is 1. The van der Waals surface area contributed by atoms with Crippen molar-refractivity contribution in [1.82, 2.24) is 0 Å². The minimum absolute atomic E-state index is 0.234. The van der Waals surface area contributed by atoms with Crippen molar-refractivity contribution in [2.24, 2.45) is 0 Å². The Morgan fingerprint density at radius 2 is 1.93 bits per heavy atom. The molecule has 14 heavy (non-hydrogen) atoms. The topological polar surface area (TPSA) is 17.1 Å². The zero-order valence-corrected chi connectivity index (χ0v) is 9.99. The van der Waals surface area contributed by atoms with E-state index in [1.165, 1.54) is 18.7 Å². The third kappa shape index (κ3) is 3.52. The predicted molar refractivity (Wildman–Crippen MR) is 62.9 cm³/mol. The summed E-state index contributed by atoms with van der Waals surface area (Å²) in [6.07, 6.45) is 0. The summed E-state index contributed by atoms with van der Waals surface area (Å²) in [5, 5.41) is 0. The standard InChI is InChI=1S/C10H10Cl2OS/c1-8(13)10(11,12)14-7-9-5-3-2-4-6-9/h2-6H,7H2,1H3. The van der Waals surface area contributed by atoms with E-state index in [2.05, 4.69) is 0 Å². The van der Waals surface area contributed by atoms with Crippen LogP contribution in [0.2, 0.25) is 0 Å². The smallest absolute Gasteiger partial charge is 0.221 e. The summed E-state index contributed by atoms with van der Waals surface area (Å²) in [7, 11) is 0. The lowest BCUT2D eigenvalue weighted by molar-refractivity contribution is -0.116. The molecule has 0 saturated carbocycles. The van der Waals surface area contributed by atoms with E-state index >= 15 is 0 Å². The molecule has 0 radical (unpaired) electrons. The van der Waals surface area contributed by atoms with E-state index in [0.29, 0.717) is 5.75 Å². The molecule has 1 aromatic rings. The summed E-state index contributed by atoms with van der Waals surface area (Å²) < 4.78 is -1.32. The molecule has 1 nitrogen and oxygen atoms in total. The first-order chi connectivity index (χ1) is 6.52. The Morgan fingerprint density at radius 3 is 2.43 bits per heavy atom.